The van der Waals surface area contributed by atoms with E-state index in [4.69, 9.17) is 4.74 Å². The maximum Gasteiger partial charge on any atom is 0.242 e. The van der Waals surface area contributed by atoms with Crippen molar-refractivity contribution in [3.63, 3.8) is 0 Å². The van der Waals surface area contributed by atoms with Crippen molar-refractivity contribution in [1.29, 1.82) is 0 Å². The fraction of sp³-hybridized carbons (Fsp3) is 0.818. The van der Waals surface area contributed by atoms with Crippen LogP contribution in [0.1, 0.15) is 19.8 Å². The van der Waals surface area contributed by atoms with Crippen LogP contribution in [0.4, 0.5) is 0 Å². The molecule has 0 aromatic heterocycles. The topological polar surface area (TPSA) is 79.5 Å². The lowest BCUT2D eigenvalue weighted by Crippen LogP contribution is -2.48. The van der Waals surface area contributed by atoms with Gasteiger partial charge in [-0.3, -0.25) is 9.59 Å². The van der Waals surface area contributed by atoms with E-state index in [0.29, 0.717) is 19.2 Å². The van der Waals surface area contributed by atoms with E-state index in [1.165, 1.54) is 0 Å². The normalized spacial score (nSPS) is 16.4. The lowest BCUT2D eigenvalue weighted by Gasteiger charge is -2.14. The standard InChI is InChI=1S/C11H21N3O3/c1-8(11(16)12-5-6-17-2)14-10(15)7-13-9-3-4-9/h8-9,13H,3-7H2,1-2H3,(H,12,16)(H,14,15). The summed E-state index contributed by atoms with van der Waals surface area (Å²) in [5, 5.41) is 8.39. The summed E-state index contributed by atoms with van der Waals surface area (Å²) in [5.74, 6) is -0.340. The molecule has 1 unspecified atom stereocenters. The highest BCUT2D eigenvalue weighted by molar-refractivity contribution is 5.87. The molecule has 0 heterocycles. The van der Waals surface area contributed by atoms with Gasteiger partial charge in [0.2, 0.25) is 11.8 Å². The van der Waals surface area contributed by atoms with Gasteiger partial charge < -0.3 is 20.7 Å². The molecular weight excluding hydrogens is 222 g/mol. The van der Waals surface area contributed by atoms with Crippen molar-refractivity contribution in [3.05, 3.63) is 0 Å². The van der Waals surface area contributed by atoms with Crippen molar-refractivity contribution in [2.75, 3.05) is 26.8 Å². The van der Waals surface area contributed by atoms with E-state index in [2.05, 4.69) is 16.0 Å². The van der Waals surface area contributed by atoms with E-state index in [9.17, 15) is 9.59 Å². The summed E-state index contributed by atoms with van der Waals surface area (Å²) in [6.07, 6.45) is 2.28. The van der Waals surface area contributed by atoms with Gasteiger partial charge in [-0.05, 0) is 19.8 Å². The van der Waals surface area contributed by atoms with Crippen LogP contribution >= 0.6 is 0 Å². The second-order valence-electron chi connectivity index (χ2n) is 4.23. The molecule has 17 heavy (non-hydrogen) atoms. The van der Waals surface area contributed by atoms with E-state index in [1.54, 1.807) is 14.0 Å². The number of nitrogens with one attached hydrogen (secondary N) is 3. The minimum absolute atomic E-state index is 0.147. The van der Waals surface area contributed by atoms with Crippen LogP contribution in [0.5, 0.6) is 0 Å². The molecule has 6 nitrogen and oxygen atoms in total. The van der Waals surface area contributed by atoms with Gasteiger partial charge in [0, 0.05) is 19.7 Å². The predicted molar refractivity (Wildman–Crippen MR) is 63.5 cm³/mol. The summed E-state index contributed by atoms with van der Waals surface area (Å²) in [5.41, 5.74) is 0. The first-order valence-corrected chi connectivity index (χ1v) is 5.93. The third kappa shape index (κ3) is 6.23. The Morgan fingerprint density at radius 3 is 2.71 bits per heavy atom. The molecule has 1 atom stereocenters. The van der Waals surface area contributed by atoms with E-state index in [0.717, 1.165) is 12.8 Å². The molecule has 0 aliphatic heterocycles. The Bertz CT molecular complexity index is 267. The zero-order valence-electron chi connectivity index (χ0n) is 10.4. The van der Waals surface area contributed by atoms with Gasteiger partial charge in [0.05, 0.1) is 13.2 Å². The van der Waals surface area contributed by atoms with Crippen molar-refractivity contribution in [3.8, 4) is 0 Å². The molecule has 1 saturated carbocycles. The molecule has 2 amide bonds. The largest absolute Gasteiger partial charge is 0.383 e. The molecule has 1 aliphatic rings. The van der Waals surface area contributed by atoms with Crippen LogP contribution in [0.3, 0.4) is 0 Å². The fourth-order valence-electron chi connectivity index (χ4n) is 1.31. The molecule has 1 fully saturated rings. The zero-order chi connectivity index (χ0) is 12.7. The first-order chi connectivity index (χ1) is 8.13. The number of carbonyl (C=O) groups is 2. The quantitative estimate of drug-likeness (QED) is 0.478. The van der Waals surface area contributed by atoms with Gasteiger partial charge >= 0.3 is 0 Å². The van der Waals surface area contributed by atoms with Crippen LogP contribution in [0.2, 0.25) is 0 Å². The number of rotatable bonds is 8. The molecular formula is C11H21N3O3. The summed E-state index contributed by atoms with van der Waals surface area (Å²) in [6.45, 7) is 2.86. The summed E-state index contributed by atoms with van der Waals surface area (Å²) >= 11 is 0. The van der Waals surface area contributed by atoms with E-state index in [1.807, 2.05) is 0 Å². The Kier molecular flexibility index (Phi) is 5.93. The van der Waals surface area contributed by atoms with Gasteiger partial charge in [0.25, 0.3) is 0 Å². The average molecular weight is 243 g/mol. The molecule has 0 bridgehead atoms. The first-order valence-electron chi connectivity index (χ1n) is 5.93. The van der Waals surface area contributed by atoms with Gasteiger partial charge in [-0.2, -0.15) is 0 Å². The predicted octanol–water partition coefficient (Wildman–Crippen LogP) is -0.994. The molecule has 1 aliphatic carbocycles. The summed E-state index contributed by atoms with van der Waals surface area (Å²) in [4.78, 5) is 22.9. The van der Waals surface area contributed by atoms with Crippen LogP contribution in [0, 0.1) is 0 Å². The second kappa shape index (κ2) is 7.24. The molecule has 0 aromatic carbocycles. The average Bonchev–Trinajstić information content (AvgIpc) is 3.10. The van der Waals surface area contributed by atoms with Crippen LogP contribution < -0.4 is 16.0 Å². The van der Waals surface area contributed by atoms with Crippen LogP contribution in [-0.2, 0) is 14.3 Å². The van der Waals surface area contributed by atoms with E-state index in [-0.39, 0.29) is 18.4 Å². The third-order valence-corrected chi connectivity index (χ3v) is 2.50. The number of methoxy groups -OCH3 is 1. The molecule has 0 radical (unpaired) electrons. The lowest BCUT2D eigenvalue weighted by atomic mass is 10.3. The monoisotopic (exact) mass is 243 g/mol. The van der Waals surface area contributed by atoms with Crippen molar-refractivity contribution < 1.29 is 14.3 Å². The molecule has 3 N–H and O–H groups in total. The Balaban J connectivity index is 2.10. The Hall–Kier alpha value is -1.14. The highest BCUT2D eigenvalue weighted by Gasteiger charge is 2.22. The van der Waals surface area contributed by atoms with Gasteiger partial charge in [-0.1, -0.05) is 0 Å². The smallest absolute Gasteiger partial charge is 0.242 e. The van der Waals surface area contributed by atoms with E-state index < -0.39 is 6.04 Å². The summed E-state index contributed by atoms with van der Waals surface area (Å²) in [7, 11) is 1.57. The zero-order valence-corrected chi connectivity index (χ0v) is 10.4. The Labute approximate surface area is 101 Å². The van der Waals surface area contributed by atoms with Gasteiger partial charge in [-0.25, -0.2) is 0 Å². The van der Waals surface area contributed by atoms with Crippen molar-refractivity contribution in [2.45, 2.75) is 31.8 Å². The van der Waals surface area contributed by atoms with Crippen LogP contribution in [-0.4, -0.2) is 50.7 Å². The van der Waals surface area contributed by atoms with E-state index >= 15 is 0 Å². The number of hydrogen-bond acceptors (Lipinski definition) is 4. The van der Waals surface area contributed by atoms with Crippen molar-refractivity contribution in [1.82, 2.24) is 16.0 Å². The number of carbonyl (C=O) groups excluding carboxylic acids is 2. The number of amides is 2. The molecule has 0 aromatic rings. The molecule has 0 saturated heterocycles. The second-order valence-corrected chi connectivity index (χ2v) is 4.23. The van der Waals surface area contributed by atoms with Gasteiger partial charge in [0.15, 0.2) is 0 Å². The number of hydrogen-bond donors (Lipinski definition) is 3. The highest BCUT2D eigenvalue weighted by atomic mass is 16.5. The van der Waals surface area contributed by atoms with Crippen LogP contribution in [0.15, 0.2) is 0 Å². The highest BCUT2D eigenvalue weighted by Crippen LogP contribution is 2.17. The lowest BCUT2D eigenvalue weighted by molar-refractivity contribution is -0.128. The molecule has 0 spiro atoms. The minimum Gasteiger partial charge on any atom is -0.383 e. The SMILES string of the molecule is COCCNC(=O)C(C)NC(=O)CNC1CC1. The molecule has 6 heteroatoms. The minimum atomic E-state index is -0.514. The first kappa shape index (κ1) is 13.9. The van der Waals surface area contributed by atoms with Crippen molar-refractivity contribution in [2.24, 2.45) is 0 Å². The fourth-order valence-corrected chi connectivity index (χ4v) is 1.31. The Morgan fingerprint density at radius 2 is 2.12 bits per heavy atom. The number of ether oxygens (including phenoxy) is 1. The molecule has 1 rings (SSSR count). The Morgan fingerprint density at radius 1 is 1.41 bits per heavy atom. The third-order valence-electron chi connectivity index (χ3n) is 2.50. The summed E-state index contributed by atoms with van der Waals surface area (Å²) in [6, 6.07) is -0.0213. The van der Waals surface area contributed by atoms with Gasteiger partial charge in [-0.15, -0.1) is 0 Å². The van der Waals surface area contributed by atoms with Crippen molar-refractivity contribution >= 4 is 11.8 Å². The van der Waals surface area contributed by atoms with Crippen LogP contribution in [0.25, 0.3) is 0 Å². The van der Waals surface area contributed by atoms with Gasteiger partial charge in [0.1, 0.15) is 6.04 Å². The molecule has 98 valence electrons. The summed E-state index contributed by atoms with van der Waals surface area (Å²) < 4.78 is 4.81. The maximum absolute atomic E-state index is 11.5. The maximum atomic E-state index is 11.5.